The second-order valence-electron chi connectivity index (χ2n) is 4.68. The third-order valence-electron chi connectivity index (χ3n) is 3.38. The normalized spacial score (nSPS) is 10.8. The predicted molar refractivity (Wildman–Crippen MR) is 71.9 cm³/mol. The molecule has 0 amide bonds. The van der Waals surface area contributed by atoms with Crippen LogP contribution in [0.25, 0.3) is 11.1 Å². The molecule has 0 aromatic heterocycles. The first-order valence-corrected chi connectivity index (χ1v) is 6.08. The van der Waals surface area contributed by atoms with Crippen molar-refractivity contribution in [2.75, 3.05) is 0 Å². The first kappa shape index (κ1) is 11.8. The van der Waals surface area contributed by atoms with Crippen molar-refractivity contribution in [3.8, 4) is 11.1 Å². The van der Waals surface area contributed by atoms with Gasteiger partial charge in [-0.25, -0.2) is 0 Å². The molecule has 0 unspecified atom stereocenters. The van der Waals surface area contributed by atoms with E-state index in [4.69, 9.17) is 0 Å². The summed E-state index contributed by atoms with van der Waals surface area (Å²) in [6, 6.07) is 8.50. The maximum absolute atomic E-state index is 11.7. The van der Waals surface area contributed by atoms with Crippen molar-refractivity contribution in [2.45, 2.75) is 34.1 Å². The Hall–Kier alpha value is -1.63. The lowest BCUT2D eigenvalue weighted by Crippen LogP contribution is -1.91. The largest absolute Gasteiger partial charge is 0.294 e. The van der Waals surface area contributed by atoms with Crippen molar-refractivity contribution in [1.82, 2.24) is 0 Å². The second-order valence-corrected chi connectivity index (χ2v) is 4.68. The van der Waals surface area contributed by atoms with Gasteiger partial charge < -0.3 is 0 Å². The summed E-state index contributed by atoms with van der Waals surface area (Å²) in [5, 5.41) is 0. The molecule has 0 saturated heterocycles. The van der Waals surface area contributed by atoms with Crippen LogP contribution >= 0.6 is 0 Å². The van der Waals surface area contributed by atoms with Gasteiger partial charge in [-0.05, 0) is 61.1 Å². The lowest BCUT2D eigenvalue weighted by molar-refractivity contribution is 0.101. The molecule has 2 aliphatic rings. The maximum atomic E-state index is 11.7. The van der Waals surface area contributed by atoms with E-state index in [-0.39, 0.29) is 5.78 Å². The van der Waals surface area contributed by atoms with Gasteiger partial charge in [-0.1, -0.05) is 25.1 Å². The highest BCUT2D eigenvalue weighted by Crippen LogP contribution is 2.35. The van der Waals surface area contributed by atoms with Gasteiger partial charge in [-0.3, -0.25) is 4.79 Å². The van der Waals surface area contributed by atoms with Gasteiger partial charge in [0.15, 0.2) is 5.78 Å². The van der Waals surface area contributed by atoms with Crippen LogP contribution in [0.4, 0.5) is 0 Å². The van der Waals surface area contributed by atoms with E-state index in [0.29, 0.717) is 0 Å². The van der Waals surface area contributed by atoms with Crippen LogP contribution in [0.3, 0.4) is 0 Å². The minimum Gasteiger partial charge on any atom is -0.294 e. The number of hydrogen-bond acceptors (Lipinski definition) is 1. The summed E-state index contributed by atoms with van der Waals surface area (Å²) in [5.41, 5.74) is 6.88. The van der Waals surface area contributed by atoms with Crippen molar-refractivity contribution >= 4 is 5.78 Å². The highest BCUT2D eigenvalue weighted by molar-refractivity contribution is 6.03. The molecular weight excluding hydrogens is 208 g/mol. The molecule has 0 aliphatic heterocycles. The quantitative estimate of drug-likeness (QED) is 0.702. The second kappa shape index (κ2) is 4.33. The predicted octanol–water partition coefficient (Wildman–Crippen LogP) is 4.17. The monoisotopic (exact) mass is 226 g/mol. The van der Waals surface area contributed by atoms with Gasteiger partial charge in [0, 0.05) is 5.56 Å². The van der Waals surface area contributed by atoms with Gasteiger partial charge in [0.1, 0.15) is 0 Å². The zero-order valence-electron chi connectivity index (χ0n) is 10.9. The summed E-state index contributed by atoms with van der Waals surface area (Å²) < 4.78 is 0. The Morgan fingerprint density at radius 1 is 1.12 bits per heavy atom. The average Bonchev–Trinajstić information content (AvgIpc) is 2.51. The highest BCUT2D eigenvalue weighted by Gasteiger charge is 2.17. The Bertz CT molecular complexity index is 552. The Kier molecular flexibility index (Phi) is 3.01. The minimum atomic E-state index is 0.149. The molecule has 17 heavy (non-hydrogen) atoms. The van der Waals surface area contributed by atoms with E-state index in [1.54, 1.807) is 6.92 Å². The summed E-state index contributed by atoms with van der Waals surface area (Å²) in [5.74, 6) is 0.149. The number of hydrogen-bond donors (Lipinski definition) is 0. The summed E-state index contributed by atoms with van der Waals surface area (Å²) in [6.07, 6.45) is 1.02. The molecule has 88 valence electrons. The minimum absolute atomic E-state index is 0.149. The Morgan fingerprint density at radius 3 is 2.41 bits per heavy atom. The molecule has 0 atom stereocenters. The van der Waals surface area contributed by atoms with Gasteiger partial charge in [0.25, 0.3) is 0 Å². The third-order valence-corrected chi connectivity index (χ3v) is 3.38. The van der Waals surface area contributed by atoms with Crippen LogP contribution in [-0.2, 0) is 6.42 Å². The molecule has 1 nitrogen and oxygen atoms in total. The van der Waals surface area contributed by atoms with Crippen molar-refractivity contribution in [3.05, 3.63) is 46.5 Å². The molecule has 0 aromatic carbocycles. The van der Waals surface area contributed by atoms with Gasteiger partial charge in [0.05, 0.1) is 0 Å². The topological polar surface area (TPSA) is 17.1 Å². The number of rotatable bonds is 2. The molecule has 1 heteroatoms. The summed E-state index contributed by atoms with van der Waals surface area (Å²) in [4.78, 5) is 11.7. The number of Topliss-reactive ketones (excluding diaryl/α,β-unsaturated/α-hetero) is 1. The van der Waals surface area contributed by atoms with E-state index < -0.39 is 0 Å². The molecule has 0 bridgehead atoms. The van der Waals surface area contributed by atoms with Crippen LogP contribution < -0.4 is 0 Å². The number of fused-ring (bicyclic) bond motifs is 1. The Morgan fingerprint density at radius 2 is 1.82 bits per heavy atom. The number of aryl methyl sites for hydroxylation is 3. The molecular formula is C16H18O. The summed E-state index contributed by atoms with van der Waals surface area (Å²) >= 11 is 0. The van der Waals surface area contributed by atoms with Gasteiger partial charge in [0.2, 0.25) is 0 Å². The van der Waals surface area contributed by atoms with Gasteiger partial charge in [-0.2, -0.15) is 0 Å². The fourth-order valence-electron chi connectivity index (χ4n) is 2.37. The Balaban J connectivity index is 2.81. The summed E-state index contributed by atoms with van der Waals surface area (Å²) in [6.45, 7) is 7.95. The highest BCUT2D eigenvalue weighted by atomic mass is 16.1. The molecule has 2 rings (SSSR count). The lowest BCUT2D eigenvalue weighted by Gasteiger charge is -2.02. The molecule has 2 aliphatic carbocycles. The van der Waals surface area contributed by atoms with E-state index >= 15 is 0 Å². The molecule has 0 saturated carbocycles. The fraction of sp³-hybridized carbons (Fsp3) is 0.312. The molecule has 0 fully saturated rings. The molecule has 0 spiro atoms. The standard InChI is InChI=1S/C16H18O/c1-5-13-7-6-10(2)16-14(9-13)11(3)8-15(16)12(4)17/h6-9H,5H2,1-4H3. The first-order chi connectivity index (χ1) is 8.04. The van der Waals surface area contributed by atoms with Crippen LogP contribution in [-0.4, -0.2) is 5.78 Å². The van der Waals surface area contributed by atoms with E-state index in [9.17, 15) is 4.79 Å². The fourth-order valence-corrected chi connectivity index (χ4v) is 2.37. The van der Waals surface area contributed by atoms with Gasteiger partial charge >= 0.3 is 0 Å². The number of carbonyl (C=O) groups is 1. The van der Waals surface area contributed by atoms with Crippen LogP contribution in [0.2, 0.25) is 0 Å². The van der Waals surface area contributed by atoms with Crippen LogP contribution in [0.15, 0.2) is 24.3 Å². The summed E-state index contributed by atoms with van der Waals surface area (Å²) in [7, 11) is 0. The van der Waals surface area contributed by atoms with Crippen molar-refractivity contribution in [2.24, 2.45) is 0 Å². The van der Waals surface area contributed by atoms with Crippen LogP contribution in [0, 0.1) is 13.8 Å². The number of ketones is 1. The molecule has 0 heterocycles. The van der Waals surface area contributed by atoms with Crippen LogP contribution in [0.5, 0.6) is 0 Å². The van der Waals surface area contributed by atoms with Crippen LogP contribution in [0.1, 0.15) is 40.9 Å². The van der Waals surface area contributed by atoms with E-state index in [1.165, 1.54) is 22.3 Å². The van der Waals surface area contributed by atoms with E-state index in [1.807, 2.05) is 6.07 Å². The maximum Gasteiger partial charge on any atom is 0.160 e. The molecule has 0 aromatic rings. The Labute approximate surface area is 103 Å². The van der Waals surface area contributed by atoms with Crippen molar-refractivity contribution in [1.29, 1.82) is 0 Å². The van der Waals surface area contributed by atoms with E-state index in [2.05, 4.69) is 39.0 Å². The van der Waals surface area contributed by atoms with Crippen molar-refractivity contribution < 1.29 is 4.79 Å². The molecule has 0 N–H and O–H groups in total. The van der Waals surface area contributed by atoms with Crippen molar-refractivity contribution in [3.63, 3.8) is 0 Å². The first-order valence-electron chi connectivity index (χ1n) is 6.08. The number of carbonyl (C=O) groups excluding carboxylic acids is 1. The third kappa shape index (κ3) is 1.97. The zero-order valence-corrected chi connectivity index (χ0v) is 10.9. The SMILES string of the molecule is CCc1ccc(C)c2c(C(C)=O)cc(C)c-2c1. The van der Waals surface area contributed by atoms with Gasteiger partial charge in [-0.15, -0.1) is 0 Å². The molecule has 0 radical (unpaired) electrons. The zero-order chi connectivity index (χ0) is 12.6. The lowest BCUT2D eigenvalue weighted by atomic mass is 10.0. The smallest absolute Gasteiger partial charge is 0.160 e. The van der Waals surface area contributed by atoms with E-state index in [0.717, 1.165) is 17.5 Å². The average molecular weight is 226 g/mol.